The van der Waals surface area contributed by atoms with E-state index < -0.39 is 12.0 Å². The Hall–Kier alpha value is -3.29. The molecule has 4 aromatic rings. The van der Waals surface area contributed by atoms with E-state index in [1.54, 1.807) is 6.20 Å². The van der Waals surface area contributed by atoms with Crippen LogP contribution in [0.25, 0.3) is 21.8 Å². The Labute approximate surface area is 213 Å². The summed E-state index contributed by atoms with van der Waals surface area (Å²) in [6, 6.07) is 16.8. The van der Waals surface area contributed by atoms with Crippen molar-refractivity contribution in [1.82, 2.24) is 15.3 Å². The predicted molar refractivity (Wildman–Crippen MR) is 140 cm³/mol. The topological polar surface area (TPSA) is 87.3 Å². The zero-order chi connectivity index (χ0) is 24.6. The van der Waals surface area contributed by atoms with Crippen LogP contribution in [0.3, 0.4) is 0 Å². The molecule has 0 saturated heterocycles. The highest BCUT2D eigenvalue weighted by Crippen LogP contribution is 2.25. The molecule has 0 fully saturated rings. The van der Waals surface area contributed by atoms with Crippen molar-refractivity contribution in [3.05, 3.63) is 72.1 Å². The minimum Gasteiger partial charge on any atom is -0.458 e. The van der Waals surface area contributed by atoms with Crippen molar-refractivity contribution in [3.63, 3.8) is 0 Å². The van der Waals surface area contributed by atoms with Gasteiger partial charge >= 0.3 is 5.97 Å². The fraction of sp³-hybridized carbons (Fsp3) is 0.269. The molecule has 0 aliphatic heterocycles. The molecule has 0 saturated carbocycles. The lowest BCUT2D eigenvalue weighted by Crippen LogP contribution is -2.39. The van der Waals surface area contributed by atoms with Crippen LogP contribution >= 0.6 is 23.2 Å². The van der Waals surface area contributed by atoms with Crippen molar-refractivity contribution in [3.8, 4) is 0 Å². The molecule has 0 radical (unpaired) electrons. The smallest absolute Gasteiger partial charge is 0.329 e. The predicted octanol–water partition coefficient (Wildman–Crippen LogP) is 4.40. The lowest BCUT2D eigenvalue weighted by Gasteiger charge is -2.23. The number of carbonyl (C=O) groups is 2. The number of esters is 1. The zero-order valence-corrected chi connectivity index (χ0v) is 20.6. The van der Waals surface area contributed by atoms with Gasteiger partial charge in [0.1, 0.15) is 12.6 Å². The minimum absolute atomic E-state index is 0.00999. The maximum Gasteiger partial charge on any atom is 0.329 e. The van der Waals surface area contributed by atoms with Gasteiger partial charge in [-0.2, -0.15) is 0 Å². The Morgan fingerprint density at radius 1 is 1.06 bits per heavy atom. The van der Waals surface area contributed by atoms with Crippen molar-refractivity contribution >= 4 is 63.1 Å². The number of rotatable bonds is 12. The van der Waals surface area contributed by atoms with Gasteiger partial charge in [-0.15, -0.1) is 23.2 Å². The number of benzene rings is 2. The van der Waals surface area contributed by atoms with E-state index in [1.165, 1.54) is 0 Å². The highest BCUT2D eigenvalue weighted by atomic mass is 35.5. The summed E-state index contributed by atoms with van der Waals surface area (Å²) in [4.78, 5) is 33.7. The molecule has 0 spiro atoms. The molecule has 4 rings (SSSR count). The summed E-state index contributed by atoms with van der Waals surface area (Å²) in [5, 5.41) is 4.67. The number of H-pyrrole nitrogens is 1. The molecule has 35 heavy (non-hydrogen) atoms. The van der Waals surface area contributed by atoms with E-state index in [0.29, 0.717) is 43.4 Å². The molecule has 2 heterocycles. The number of aromatic nitrogens is 2. The van der Waals surface area contributed by atoms with Crippen molar-refractivity contribution in [1.29, 1.82) is 0 Å². The number of hydrogen-bond donors (Lipinski definition) is 2. The van der Waals surface area contributed by atoms with Crippen LogP contribution in [-0.2, 0) is 27.4 Å². The number of pyridine rings is 1. The number of hydrogen-bond acceptors (Lipinski definition) is 5. The standard InChI is InChI=1S/C26H26Cl2N4O3/c27-9-11-32(12-10-28)20-7-5-18(6-8-20)13-24(30-17-33)26(34)35-16-19-14-22-21-3-1-2-4-23(21)31-25(22)15-29-19/h1-8,14-15,17,24,31H,9-13,16H2,(H,30,33)/t24-/m0/s1. The third-order valence-corrected chi connectivity index (χ3v) is 6.15. The molecule has 182 valence electrons. The van der Waals surface area contributed by atoms with Gasteiger partial charge in [0, 0.05) is 53.2 Å². The van der Waals surface area contributed by atoms with Gasteiger partial charge in [0.15, 0.2) is 0 Å². The molecule has 0 bridgehead atoms. The second-order valence-electron chi connectivity index (χ2n) is 8.07. The van der Waals surface area contributed by atoms with Crippen molar-refractivity contribution in [2.45, 2.75) is 19.1 Å². The number of amides is 1. The summed E-state index contributed by atoms with van der Waals surface area (Å²) in [6.07, 6.45) is 2.55. The Balaban J connectivity index is 1.41. The number of para-hydroxylation sites is 1. The molecule has 1 atom stereocenters. The lowest BCUT2D eigenvalue weighted by atomic mass is 10.1. The van der Waals surface area contributed by atoms with Crippen LogP contribution in [0.2, 0.25) is 0 Å². The first kappa shape index (κ1) is 24.8. The van der Waals surface area contributed by atoms with Crippen LogP contribution in [0.4, 0.5) is 5.69 Å². The number of anilines is 1. The van der Waals surface area contributed by atoms with Crippen LogP contribution in [0.5, 0.6) is 0 Å². The molecular weight excluding hydrogens is 487 g/mol. The summed E-state index contributed by atoms with van der Waals surface area (Å²) in [7, 11) is 0. The summed E-state index contributed by atoms with van der Waals surface area (Å²) in [5.41, 5.74) is 4.45. The minimum atomic E-state index is -0.808. The molecule has 0 aliphatic rings. The largest absolute Gasteiger partial charge is 0.458 e. The first-order chi connectivity index (χ1) is 17.1. The van der Waals surface area contributed by atoms with E-state index >= 15 is 0 Å². The van der Waals surface area contributed by atoms with Gasteiger partial charge in [-0.1, -0.05) is 30.3 Å². The number of alkyl halides is 2. The van der Waals surface area contributed by atoms with Crippen LogP contribution in [0, 0.1) is 0 Å². The summed E-state index contributed by atoms with van der Waals surface area (Å²) in [6.45, 7) is 1.39. The first-order valence-electron chi connectivity index (χ1n) is 11.3. The molecule has 9 heteroatoms. The monoisotopic (exact) mass is 512 g/mol. The average molecular weight is 513 g/mol. The molecular formula is C26H26Cl2N4O3. The van der Waals surface area contributed by atoms with Gasteiger partial charge in [0.25, 0.3) is 0 Å². The van der Waals surface area contributed by atoms with Gasteiger partial charge in [-0.25, -0.2) is 4.79 Å². The first-order valence-corrected chi connectivity index (χ1v) is 12.4. The average Bonchev–Trinajstić information content (AvgIpc) is 3.25. The van der Waals surface area contributed by atoms with Crippen LogP contribution < -0.4 is 10.2 Å². The number of ether oxygens (including phenoxy) is 1. The third-order valence-electron chi connectivity index (χ3n) is 5.81. The molecule has 1 amide bonds. The number of nitrogens with one attached hydrogen (secondary N) is 2. The van der Waals surface area contributed by atoms with E-state index in [-0.39, 0.29) is 6.61 Å². The molecule has 7 nitrogen and oxygen atoms in total. The third kappa shape index (κ3) is 6.05. The van der Waals surface area contributed by atoms with Crippen molar-refractivity contribution in [2.24, 2.45) is 0 Å². The Bertz CT molecular complexity index is 1290. The maximum atomic E-state index is 12.8. The van der Waals surface area contributed by atoms with E-state index in [4.69, 9.17) is 27.9 Å². The number of fused-ring (bicyclic) bond motifs is 3. The zero-order valence-electron chi connectivity index (χ0n) is 19.0. The van der Waals surface area contributed by atoms with Gasteiger partial charge in [0.2, 0.25) is 6.41 Å². The lowest BCUT2D eigenvalue weighted by molar-refractivity contribution is -0.148. The number of halogens is 2. The van der Waals surface area contributed by atoms with E-state index in [0.717, 1.165) is 33.1 Å². The van der Waals surface area contributed by atoms with Crippen LogP contribution in [0.15, 0.2) is 60.8 Å². The fourth-order valence-electron chi connectivity index (χ4n) is 4.06. The van der Waals surface area contributed by atoms with E-state index in [9.17, 15) is 9.59 Å². The number of aromatic amines is 1. The quantitative estimate of drug-likeness (QED) is 0.167. The maximum absolute atomic E-state index is 12.8. The fourth-order valence-corrected chi connectivity index (χ4v) is 4.47. The van der Waals surface area contributed by atoms with Gasteiger partial charge < -0.3 is 19.9 Å². The number of nitrogens with zero attached hydrogens (tertiary/aromatic N) is 2. The Morgan fingerprint density at radius 2 is 1.80 bits per heavy atom. The highest BCUT2D eigenvalue weighted by Gasteiger charge is 2.20. The molecule has 0 unspecified atom stereocenters. The molecule has 2 aromatic heterocycles. The van der Waals surface area contributed by atoms with Crippen molar-refractivity contribution < 1.29 is 14.3 Å². The normalized spacial score (nSPS) is 11.9. The summed E-state index contributed by atoms with van der Waals surface area (Å²) in [5.74, 6) is 0.475. The second-order valence-corrected chi connectivity index (χ2v) is 8.83. The van der Waals surface area contributed by atoms with E-state index in [1.807, 2.05) is 54.6 Å². The van der Waals surface area contributed by atoms with Crippen LogP contribution in [-0.4, -0.2) is 53.2 Å². The Kier molecular flexibility index (Phi) is 8.45. The summed E-state index contributed by atoms with van der Waals surface area (Å²) >= 11 is 11.8. The van der Waals surface area contributed by atoms with E-state index in [2.05, 4.69) is 20.2 Å². The van der Waals surface area contributed by atoms with Gasteiger partial charge in [-0.3, -0.25) is 9.78 Å². The van der Waals surface area contributed by atoms with Crippen LogP contribution in [0.1, 0.15) is 11.3 Å². The van der Waals surface area contributed by atoms with Gasteiger partial charge in [-0.05, 0) is 29.8 Å². The molecule has 2 aromatic carbocycles. The Morgan fingerprint density at radius 3 is 2.51 bits per heavy atom. The number of carbonyl (C=O) groups excluding carboxylic acids is 2. The van der Waals surface area contributed by atoms with Crippen molar-refractivity contribution in [2.75, 3.05) is 29.7 Å². The highest BCUT2D eigenvalue weighted by molar-refractivity contribution is 6.18. The SMILES string of the molecule is O=CN[C@@H](Cc1ccc(N(CCCl)CCCl)cc1)C(=O)OCc1cc2c(cn1)[nH]c1ccccc12. The second kappa shape index (κ2) is 11.9. The summed E-state index contributed by atoms with van der Waals surface area (Å²) < 4.78 is 5.51. The molecule has 2 N–H and O–H groups in total. The van der Waals surface area contributed by atoms with Gasteiger partial charge in [0.05, 0.1) is 17.4 Å². The molecule has 0 aliphatic carbocycles.